The zero-order chi connectivity index (χ0) is 22.3. The van der Waals surface area contributed by atoms with Gasteiger partial charge in [-0.05, 0) is 61.8 Å². The quantitative estimate of drug-likeness (QED) is 0.613. The molecule has 12 nitrogen and oxygen atoms in total. The lowest BCUT2D eigenvalue weighted by Crippen LogP contribution is -2.45. The molecular weight excluding hydrogens is 416 g/mol. The fourth-order valence-electron chi connectivity index (χ4n) is 4.69. The second-order valence-electron chi connectivity index (χ2n) is 8.52. The maximum absolute atomic E-state index is 13.2. The number of rotatable bonds is 5. The van der Waals surface area contributed by atoms with Crippen molar-refractivity contribution in [1.29, 1.82) is 0 Å². The minimum Gasteiger partial charge on any atom is -0.456 e. The highest BCUT2D eigenvalue weighted by Crippen LogP contribution is 2.43. The Morgan fingerprint density at radius 3 is 2.56 bits per heavy atom. The molecule has 3 aliphatic heterocycles. The third-order valence-electron chi connectivity index (χ3n) is 6.76. The molecule has 2 saturated heterocycles. The van der Waals surface area contributed by atoms with E-state index in [0.29, 0.717) is 49.0 Å². The molecule has 1 atom stereocenters. The molecule has 0 saturated carbocycles. The number of carbonyl (C=O) groups excluding carboxylic acids is 2. The normalized spacial score (nSPS) is 22.1. The van der Waals surface area contributed by atoms with E-state index in [9.17, 15) is 14.7 Å². The van der Waals surface area contributed by atoms with Gasteiger partial charge in [-0.25, -0.2) is 4.79 Å². The van der Waals surface area contributed by atoms with Crippen LogP contribution >= 0.6 is 0 Å². The Bertz CT molecular complexity index is 1040. The van der Waals surface area contributed by atoms with Gasteiger partial charge in [-0.2, -0.15) is 9.78 Å². The van der Waals surface area contributed by atoms with Gasteiger partial charge in [-0.3, -0.25) is 4.79 Å². The first kappa shape index (κ1) is 20.6. The molecule has 0 aliphatic carbocycles. The Labute approximate surface area is 183 Å². The van der Waals surface area contributed by atoms with Gasteiger partial charge in [0.2, 0.25) is 5.91 Å². The number of hydrogen-bond donors (Lipinski definition) is 1. The number of ether oxygens (including phenoxy) is 1. The summed E-state index contributed by atoms with van der Waals surface area (Å²) in [4.78, 5) is 28.8. The fourth-order valence-corrected chi connectivity index (χ4v) is 4.69. The summed E-state index contributed by atoms with van der Waals surface area (Å²) in [6, 6.07) is 3.41. The van der Waals surface area contributed by atoms with Gasteiger partial charge in [0.1, 0.15) is 19.0 Å². The fraction of sp³-hybridized carbons (Fsp3) is 0.550. The Morgan fingerprint density at radius 1 is 1.16 bits per heavy atom. The molecule has 0 aromatic carbocycles. The Balaban J connectivity index is 1.18. The number of β-amino-alcohol motifs (C(OH)–C–C–N with tert-alkyl or cyclic N) is 1. The standard InChI is InChI=1S/C20H24N8O4/c1-13-15(11-32-18(13)30)27-9-6-20(19(27)31)4-7-26(8-5-20)10-16(29)14-2-3-17(23-22-14)28-12-21-24-25-28/h2-3,12,16,29H,4-11H2,1H3. The summed E-state index contributed by atoms with van der Waals surface area (Å²) in [5.74, 6) is 0.218. The number of amides is 1. The first-order valence-corrected chi connectivity index (χ1v) is 10.6. The van der Waals surface area contributed by atoms with Gasteiger partial charge in [-0.15, -0.1) is 10.2 Å². The summed E-state index contributed by atoms with van der Waals surface area (Å²) in [5, 5.41) is 29.7. The SMILES string of the molecule is CC1=C(N2CCC3(CCN(CC(O)c4ccc(-n5cnnn5)nn4)CC3)C2=O)COC1=O. The summed E-state index contributed by atoms with van der Waals surface area (Å²) in [5.41, 5.74) is 1.31. The van der Waals surface area contributed by atoms with Crippen molar-refractivity contribution in [3.05, 3.63) is 35.4 Å². The second-order valence-corrected chi connectivity index (χ2v) is 8.52. The summed E-state index contributed by atoms with van der Waals surface area (Å²) in [7, 11) is 0. The van der Waals surface area contributed by atoms with E-state index < -0.39 is 11.5 Å². The van der Waals surface area contributed by atoms with Crippen LogP contribution in [-0.2, 0) is 14.3 Å². The van der Waals surface area contributed by atoms with Crippen molar-refractivity contribution in [2.75, 3.05) is 32.8 Å². The molecule has 1 spiro atoms. The minimum atomic E-state index is -0.787. The maximum atomic E-state index is 13.2. The summed E-state index contributed by atoms with van der Waals surface area (Å²) >= 11 is 0. The lowest BCUT2D eigenvalue weighted by atomic mass is 9.77. The molecule has 2 aromatic heterocycles. The van der Waals surface area contributed by atoms with Gasteiger partial charge in [0.05, 0.1) is 22.4 Å². The lowest BCUT2D eigenvalue weighted by Gasteiger charge is -2.38. The first-order chi connectivity index (χ1) is 15.5. The van der Waals surface area contributed by atoms with Crippen LogP contribution in [0, 0.1) is 5.41 Å². The van der Waals surface area contributed by atoms with Crippen LogP contribution in [0.2, 0.25) is 0 Å². The predicted octanol–water partition coefficient (Wildman–Crippen LogP) is -0.369. The summed E-state index contributed by atoms with van der Waals surface area (Å²) in [6.45, 7) is 4.34. The number of piperidine rings is 1. The van der Waals surface area contributed by atoms with Crippen LogP contribution in [0.15, 0.2) is 29.7 Å². The van der Waals surface area contributed by atoms with E-state index in [1.54, 1.807) is 24.0 Å². The van der Waals surface area contributed by atoms with Gasteiger partial charge >= 0.3 is 5.97 Å². The monoisotopic (exact) mass is 440 g/mol. The lowest BCUT2D eigenvalue weighted by molar-refractivity contribution is -0.138. The number of tetrazole rings is 1. The van der Waals surface area contributed by atoms with Gasteiger partial charge in [-0.1, -0.05) is 0 Å². The Kier molecular flexibility index (Phi) is 5.18. The molecule has 2 fully saturated rings. The number of cyclic esters (lactones) is 1. The highest BCUT2D eigenvalue weighted by molar-refractivity contribution is 5.94. The van der Waals surface area contributed by atoms with Gasteiger partial charge in [0.25, 0.3) is 0 Å². The van der Waals surface area contributed by atoms with E-state index in [2.05, 4.69) is 30.6 Å². The van der Waals surface area contributed by atoms with Crippen molar-refractivity contribution in [2.45, 2.75) is 32.3 Å². The average Bonchev–Trinajstić information content (AvgIpc) is 3.53. The molecule has 1 amide bonds. The number of esters is 1. The number of carbonyl (C=O) groups is 2. The first-order valence-electron chi connectivity index (χ1n) is 10.6. The van der Waals surface area contributed by atoms with E-state index in [0.717, 1.165) is 19.3 Å². The highest BCUT2D eigenvalue weighted by Gasteiger charge is 2.50. The number of aliphatic hydroxyl groups is 1. The third-order valence-corrected chi connectivity index (χ3v) is 6.76. The van der Waals surface area contributed by atoms with Gasteiger partial charge < -0.3 is 19.6 Å². The number of nitrogens with zero attached hydrogens (tertiary/aromatic N) is 8. The molecule has 5 rings (SSSR count). The third kappa shape index (κ3) is 3.54. The van der Waals surface area contributed by atoms with Crippen molar-refractivity contribution in [1.82, 2.24) is 40.2 Å². The smallest absolute Gasteiger partial charge is 0.336 e. The van der Waals surface area contributed by atoms with Crippen LogP contribution < -0.4 is 0 Å². The van der Waals surface area contributed by atoms with Crippen LogP contribution in [-0.4, -0.2) is 90.0 Å². The van der Waals surface area contributed by atoms with Crippen LogP contribution in [0.4, 0.5) is 0 Å². The van der Waals surface area contributed by atoms with Crippen molar-refractivity contribution in [3.63, 3.8) is 0 Å². The summed E-state index contributed by atoms with van der Waals surface area (Å²) in [6.07, 6.45) is 2.85. The molecule has 5 heterocycles. The van der Waals surface area contributed by atoms with E-state index in [4.69, 9.17) is 4.74 Å². The summed E-state index contributed by atoms with van der Waals surface area (Å²) < 4.78 is 6.47. The van der Waals surface area contributed by atoms with Crippen LogP contribution in [0.5, 0.6) is 0 Å². The highest BCUT2D eigenvalue weighted by atomic mass is 16.5. The number of aromatic nitrogens is 6. The van der Waals surface area contributed by atoms with Crippen LogP contribution in [0.3, 0.4) is 0 Å². The molecule has 32 heavy (non-hydrogen) atoms. The van der Waals surface area contributed by atoms with Crippen molar-refractivity contribution < 1.29 is 19.4 Å². The number of aliphatic hydroxyl groups excluding tert-OH is 1. The van der Waals surface area contributed by atoms with E-state index >= 15 is 0 Å². The van der Waals surface area contributed by atoms with Gasteiger partial charge in [0, 0.05) is 13.1 Å². The van der Waals surface area contributed by atoms with E-state index in [1.165, 1.54) is 11.0 Å². The maximum Gasteiger partial charge on any atom is 0.336 e. The molecule has 1 unspecified atom stereocenters. The largest absolute Gasteiger partial charge is 0.456 e. The molecule has 0 radical (unpaired) electrons. The van der Waals surface area contributed by atoms with Crippen molar-refractivity contribution in [3.8, 4) is 5.82 Å². The Morgan fingerprint density at radius 2 is 1.94 bits per heavy atom. The predicted molar refractivity (Wildman–Crippen MR) is 108 cm³/mol. The molecule has 168 valence electrons. The molecular formula is C20H24N8O4. The van der Waals surface area contributed by atoms with Crippen molar-refractivity contribution in [2.24, 2.45) is 5.41 Å². The van der Waals surface area contributed by atoms with Crippen LogP contribution in [0.1, 0.15) is 38.0 Å². The van der Waals surface area contributed by atoms with E-state index in [-0.39, 0.29) is 18.5 Å². The number of hydrogen-bond acceptors (Lipinski definition) is 10. The average molecular weight is 440 g/mol. The van der Waals surface area contributed by atoms with Gasteiger partial charge in [0.15, 0.2) is 5.82 Å². The second kappa shape index (κ2) is 8.02. The molecule has 3 aliphatic rings. The topological polar surface area (TPSA) is 139 Å². The number of likely N-dealkylation sites (tertiary alicyclic amines) is 2. The van der Waals surface area contributed by atoms with Crippen molar-refractivity contribution >= 4 is 11.9 Å². The molecule has 0 bridgehead atoms. The van der Waals surface area contributed by atoms with Crippen LogP contribution in [0.25, 0.3) is 5.82 Å². The zero-order valence-corrected chi connectivity index (χ0v) is 17.7. The Hall–Kier alpha value is -3.25. The zero-order valence-electron chi connectivity index (χ0n) is 17.7. The van der Waals surface area contributed by atoms with E-state index in [1.807, 2.05) is 0 Å². The molecule has 1 N–H and O–H groups in total. The minimum absolute atomic E-state index is 0.0920. The molecule has 12 heteroatoms. The molecule has 2 aromatic rings.